The van der Waals surface area contributed by atoms with Crippen molar-refractivity contribution in [3.63, 3.8) is 0 Å². The van der Waals surface area contributed by atoms with Crippen LogP contribution in [0.25, 0.3) is 0 Å². The second-order valence-corrected chi connectivity index (χ2v) is 6.31. The molecule has 0 saturated heterocycles. The third-order valence-electron chi connectivity index (χ3n) is 4.03. The molecule has 2 rings (SSSR count). The summed E-state index contributed by atoms with van der Waals surface area (Å²) in [5, 5.41) is 3.33. The molecule has 1 N–H and O–H groups in total. The van der Waals surface area contributed by atoms with Crippen LogP contribution in [-0.4, -0.2) is 30.4 Å². The molecular formula is C18H24ClN3O3. The molecule has 7 heteroatoms. The van der Waals surface area contributed by atoms with Gasteiger partial charge in [-0.15, -0.1) is 0 Å². The van der Waals surface area contributed by atoms with Crippen LogP contribution in [0.3, 0.4) is 0 Å². The Morgan fingerprint density at radius 2 is 2.04 bits per heavy atom. The highest BCUT2D eigenvalue weighted by molar-refractivity contribution is 6.29. The first-order chi connectivity index (χ1) is 11.9. The second kappa shape index (κ2) is 8.36. The van der Waals surface area contributed by atoms with E-state index in [1.165, 1.54) is 0 Å². The lowest BCUT2D eigenvalue weighted by molar-refractivity contribution is 0.151. The van der Waals surface area contributed by atoms with Crippen molar-refractivity contribution in [1.29, 1.82) is 0 Å². The van der Waals surface area contributed by atoms with Crippen molar-refractivity contribution in [2.24, 2.45) is 0 Å². The molecule has 1 heterocycles. The van der Waals surface area contributed by atoms with Gasteiger partial charge in [0.1, 0.15) is 10.9 Å². The Bertz CT molecular complexity index is 805. The minimum Gasteiger partial charge on any atom is -0.495 e. The number of benzene rings is 1. The van der Waals surface area contributed by atoms with E-state index in [0.29, 0.717) is 18.0 Å². The molecule has 1 unspecified atom stereocenters. The molecule has 25 heavy (non-hydrogen) atoms. The topological polar surface area (TPSA) is 65.4 Å². The number of aryl methyl sites for hydroxylation is 2. The Labute approximate surface area is 152 Å². The van der Waals surface area contributed by atoms with Gasteiger partial charge < -0.3 is 19.4 Å². The molecule has 0 bridgehead atoms. The van der Waals surface area contributed by atoms with E-state index in [-0.39, 0.29) is 22.6 Å². The summed E-state index contributed by atoms with van der Waals surface area (Å²) in [7, 11) is 3.20. The Balaban J connectivity index is 2.51. The van der Waals surface area contributed by atoms with Crippen LogP contribution in [-0.2, 0) is 4.74 Å². The van der Waals surface area contributed by atoms with E-state index in [1.54, 1.807) is 25.0 Å². The van der Waals surface area contributed by atoms with Crippen molar-refractivity contribution in [1.82, 2.24) is 9.55 Å². The van der Waals surface area contributed by atoms with Crippen molar-refractivity contribution < 1.29 is 9.47 Å². The molecule has 1 aromatic carbocycles. The average molecular weight is 366 g/mol. The predicted molar refractivity (Wildman–Crippen MR) is 100 cm³/mol. The number of nitrogens with one attached hydrogen (secondary N) is 1. The normalized spacial score (nSPS) is 12.1. The fourth-order valence-electron chi connectivity index (χ4n) is 2.79. The van der Waals surface area contributed by atoms with Crippen LogP contribution in [0.1, 0.15) is 30.5 Å². The van der Waals surface area contributed by atoms with Gasteiger partial charge >= 0.3 is 0 Å². The zero-order valence-corrected chi connectivity index (χ0v) is 16.0. The summed E-state index contributed by atoms with van der Waals surface area (Å²) in [6, 6.07) is 3.80. The van der Waals surface area contributed by atoms with Gasteiger partial charge in [-0.25, -0.2) is 4.98 Å². The van der Waals surface area contributed by atoms with Crippen molar-refractivity contribution >= 4 is 23.1 Å². The first-order valence-electron chi connectivity index (χ1n) is 8.11. The van der Waals surface area contributed by atoms with Crippen molar-refractivity contribution in [2.75, 3.05) is 26.1 Å². The fraction of sp³-hybridized carbons (Fsp3) is 0.444. The molecule has 0 aliphatic rings. The van der Waals surface area contributed by atoms with Crippen LogP contribution in [0, 0.1) is 13.8 Å². The third kappa shape index (κ3) is 4.32. The minimum atomic E-state index is -0.254. The van der Waals surface area contributed by atoms with Crippen LogP contribution in [0.15, 0.2) is 23.1 Å². The van der Waals surface area contributed by atoms with E-state index in [9.17, 15) is 4.79 Å². The van der Waals surface area contributed by atoms with Gasteiger partial charge in [-0.05, 0) is 37.5 Å². The lowest BCUT2D eigenvalue weighted by Gasteiger charge is -2.19. The number of ether oxygens (including phenoxy) is 2. The smallest absolute Gasteiger partial charge is 0.294 e. The molecule has 0 spiro atoms. The van der Waals surface area contributed by atoms with Gasteiger partial charge in [0.15, 0.2) is 5.82 Å². The Morgan fingerprint density at radius 1 is 1.32 bits per heavy atom. The summed E-state index contributed by atoms with van der Waals surface area (Å²) >= 11 is 6.15. The van der Waals surface area contributed by atoms with Gasteiger partial charge in [-0.2, -0.15) is 0 Å². The molecule has 1 aromatic heterocycles. The second-order valence-electron chi connectivity index (χ2n) is 5.93. The summed E-state index contributed by atoms with van der Waals surface area (Å²) < 4.78 is 12.2. The van der Waals surface area contributed by atoms with Crippen LogP contribution in [0.5, 0.6) is 5.75 Å². The van der Waals surface area contributed by atoms with E-state index < -0.39 is 0 Å². The highest BCUT2D eigenvalue weighted by Crippen LogP contribution is 2.31. The summed E-state index contributed by atoms with van der Waals surface area (Å²) in [6.07, 6.45) is 2.28. The molecular weight excluding hydrogens is 342 g/mol. The molecule has 0 radical (unpaired) electrons. The van der Waals surface area contributed by atoms with Gasteiger partial charge in [-0.1, -0.05) is 24.6 Å². The zero-order valence-electron chi connectivity index (χ0n) is 15.2. The van der Waals surface area contributed by atoms with Crippen LogP contribution < -0.4 is 15.6 Å². The van der Waals surface area contributed by atoms with E-state index in [2.05, 4.69) is 10.3 Å². The molecule has 6 nitrogen and oxygen atoms in total. The Kier molecular flexibility index (Phi) is 6.45. The van der Waals surface area contributed by atoms with E-state index >= 15 is 0 Å². The van der Waals surface area contributed by atoms with Gasteiger partial charge in [0.05, 0.1) is 25.4 Å². The molecule has 0 aliphatic carbocycles. The number of nitrogens with zero attached hydrogens (tertiary/aromatic N) is 2. The maximum Gasteiger partial charge on any atom is 0.294 e. The van der Waals surface area contributed by atoms with E-state index in [0.717, 1.165) is 17.5 Å². The fourth-order valence-corrected chi connectivity index (χ4v) is 2.98. The van der Waals surface area contributed by atoms with Gasteiger partial charge in [0.2, 0.25) is 0 Å². The van der Waals surface area contributed by atoms with Gasteiger partial charge in [0, 0.05) is 13.3 Å². The molecule has 2 aromatic rings. The lowest BCUT2D eigenvalue weighted by Crippen LogP contribution is -2.29. The van der Waals surface area contributed by atoms with E-state index in [4.69, 9.17) is 21.1 Å². The Hall–Kier alpha value is -2.05. The number of halogens is 1. The summed E-state index contributed by atoms with van der Waals surface area (Å²) in [5.41, 5.74) is 2.47. The van der Waals surface area contributed by atoms with Crippen LogP contribution >= 0.6 is 11.6 Å². The van der Waals surface area contributed by atoms with Crippen LogP contribution in [0.4, 0.5) is 11.5 Å². The lowest BCUT2D eigenvalue weighted by atomic mass is 10.1. The minimum absolute atomic E-state index is 0.112. The highest BCUT2D eigenvalue weighted by Gasteiger charge is 2.17. The number of anilines is 2. The predicted octanol–water partition coefficient (Wildman–Crippen LogP) is 3.86. The first kappa shape index (κ1) is 19.3. The van der Waals surface area contributed by atoms with Gasteiger partial charge in [0.25, 0.3) is 5.56 Å². The monoisotopic (exact) mass is 365 g/mol. The molecule has 136 valence electrons. The molecule has 0 aliphatic heterocycles. The molecule has 0 fully saturated rings. The number of aromatic nitrogens is 2. The number of methoxy groups -OCH3 is 2. The third-order valence-corrected chi connectivity index (χ3v) is 4.21. The average Bonchev–Trinajstić information content (AvgIpc) is 2.57. The molecule has 1 atom stereocenters. The van der Waals surface area contributed by atoms with Crippen molar-refractivity contribution in [2.45, 2.75) is 33.2 Å². The van der Waals surface area contributed by atoms with Gasteiger partial charge in [-0.3, -0.25) is 4.79 Å². The zero-order chi connectivity index (χ0) is 18.6. The summed E-state index contributed by atoms with van der Waals surface area (Å²) in [4.78, 5) is 17.0. The summed E-state index contributed by atoms with van der Waals surface area (Å²) in [5.74, 6) is 0.807. The quantitative estimate of drug-likeness (QED) is 0.807. The first-order valence-corrected chi connectivity index (χ1v) is 8.48. The Morgan fingerprint density at radius 3 is 2.64 bits per heavy atom. The van der Waals surface area contributed by atoms with Crippen molar-refractivity contribution in [3.8, 4) is 5.75 Å². The summed E-state index contributed by atoms with van der Waals surface area (Å²) in [6.45, 7) is 6.34. The number of rotatable bonds is 7. The highest BCUT2D eigenvalue weighted by atomic mass is 35.5. The SMILES string of the molecule is CCC(COC)n1cc(Cl)nc(Nc2c(C)cc(C)cc2OC)c1=O. The number of hydrogen-bond acceptors (Lipinski definition) is 5. The maximum absolute atomic E-state index is 12.9. The maximum atomic E-state index is 12.9. The standard InChI is InChI=1S/C18H24ClN3O3/c1-6-13(10-24-4)22-9-15(19)20-17(18(22)23)21-16-12(3)7-11(2)8-14(16)25-5/h7-9,13H,6,10H2,1-5H3,(H,20,21). The van der Waals surface area contributed by atoms with E-state index in [1.807, 2.05) is 32.9 Å². The molecule has 0 saturated carbocycles. The van der Waals surface area contributed by atoms with Crippen molar-refractivity contribution in [3.05, 3.63) is 45.0 Å². The van der Waals surface area contributed by atoms with Crippen LogP contribution in [0.2, 0.25) is 5.15 Å². The number of hydrogen-bond donors (Lipinski definition) is 1. The largest absolute Gasteiger partial charge is 0.495 e. The molecule has 0 amide bonds.